The molecule has 0 fully saturated rings. The number of nitrogens with zero attached hydrogens (tertiary/aromatic N) is 2. The fourth-order valence-electron chi connectivity index (χ4n) is 1.63. The number of hydrogen-bond donors (Lipinski definition) is 1. The maximum absolute atomic E-state index is 5.92. The number of nitrogens with one attached hydrogen (secondary N) is 1. The van der Waals surface area contributed by atoms with Crippen LogP contribution < -0.4 is 0 Å². The van der Waals surface area contributed by atoms with Gasteiger partial charge < -0.3 is 4.57 Å². The molecule has 0 aliphatic rings. The smallest absolute Gasteiger partial charge is 0.195 e. The van der Waals surface area contributed by atoms with E-state index in [0.29, 0.717) is 9.79 Å². The highest BCUT2D eigenvalue weighted by molar-refractivity contribution is 9.10. The molecule has 0 bridgehead atoms. The van der Waals surface area contributed by atoms with Crippen LogP contribution in [0.15, 0.2) is 22.7 Å². The first-order valence-electron chi connectivity index (χ1n) is 5.24. The predicted molar refractivity (Wildman–Crippen MR) is 75.8 cm³/mol. The Morgan fingerprint density at radius 3 is 2.94 bits per heavy atom. The van der Waals surface area contributed by atoms with Crippen molar-refractivity contribution in [1.82, 2.24) is 14.8 Å². The van der Waals surface area contributed by atoms with Gasteiger partial charge in [-0.15, -0.1) is 0 Å². The Balaban J connectivity index is 2.56. The van der Waals surface area contributed by atoms with Crippen molar-refractivity contribution in [1.29, 1.82) is 0 Å². The summed E-state index contributed by atoms with van der Waals surface area (Å²) in [6.07, 6.45) is 1.01. The highest BCUT2D eigenvalue weighted by Crippen LogP contribution is 2.29. The van der Waals surface area contributed by atoms with E-state index in [4.69, 9.17) is 23.8 Å². The van der Waals surface area contributed by atoms with E-state index in [9.17, 15) is 0 Å². The molecule has 1 aromatic carbocycles. The Morgan fingerprint density at radius 1 is 1.53 bits per heavy atom. The summed E-state index contributed by atoms with van der Waals surface area (Å²) in [6.45, 7) is 2.95. The Kier molecular flexibility index (Phi) is 4.01. The molecule has 0 saturated carbocycles. The van der Waals surface area contributed by atoms with Gasteiger partial charge in [0.15, 0.2) is 10.6 Å². The SMILES string of the molecule is CCCn1c(-c2ccc(Cl)cc2Br)n[nH]c1=S. The molecule has 0 atom stereocenters. The number of H-pyrrole nitrogens is 1. The third-order valence-corrected chi connectivity index (χ3v) is 3.58. The minimum absolute atomic E-state index is 0.642. The Bertz CT molecular complexity index is 591. The van der Waals surface area contributed by atoms with Gasteiger partial charge in [-0.2, -0.15) is 5.10 Å². The summed E-state index contributed by atoms with van der Waals surface area (Å²) >= 11 is 14.6. The molecule has 0 spiro atoms. The Labute approximate surface area is 118 Å². The molecule has 1 N–H and O–H groups in total. The summed E-state index contributed by atoms with van der Waals surface area (Å²) < 4.78 is 3.55. The monoisotopic (exact) mass is 331 g/mol. The zero-order valence-corrected chi connectivity index (χ0v) is 12.4. The lowest BCUT2D eigenvalue weighted by Crippen LogP contribution is -2.00. The van der Waals surface area contributed by atoms with Crippen molar-refractivity contribution in [3.63, 3.8) is 0 Å². The molecule has 17 heavy (non-hydrogen) atoms. The summed E-state index contributed by atoms with van der Waals surface area (Å²) in [4.78, 5) is 0. The van der Waals surface area contributed by atoms with Crippen LogP contribution in [-0.2, 0) is 6.54 Å². The van der Waals surface area contributed by atoms with Crippen molar-refractivity contribution >= 4 is 39.7 Å². The summed E-state index contributed by atoms with van der Waals surface area (Å²) in [5.74, 6) is 0.834. The van der Waals surface area contributed by atoms with Crippen LogP contribution in [0, 0.1) is 4.77 Å². The molecule has 0 saturated heterocycles. The molecule has 2 rings (SSSR count). The van der Waals surface area contributed by atoms with Crippen molar-refractivity contribution in [2.24, 2.45) is 0 Å². The first-order chi connectivity index (χ1) is 8.13. The fourth-order valence-corrected chi connectivity index (χ4v) is 2.71. The van der Waals surface area contributed by atoms with E-state index in [0.717, 1.165) is 28.8 Å². The molecule has 1 aromatic heterocycles. The van der Waals surface area contributed by atoms with Crippen LogP contribution in [0.2, 0.25) is 5.02 Å². The number of aromatic nitrogens is 3. The Morgan fingerprint density at radius 2 is 2.29 bits per heavy atom. The van der Waals surface area contributed by atoms with E-state index in [1.165, 1.54) is 0 Å². The van der Waals surface area contributed by atoms with Crippen molar-refractivity contribution in [2.75, 3.05) is 0 Å². The first kappa shape index (κ1) is 12.8. The zero-order chi connectivity index (χ0) is 12.4. The van der Waals surface area contributed by atoms with Crippen LogP contribution in [0.5, 0.6) is 0 Å². The largest absolute Gasteiger partial charge is 0.300 e. The molecule has 0 radical (unpaired) electrons. The number of benzene rings is 1. The fraction of sp³-hybridized carbons (Fsp3) is 0.273. The standard InChI is InChI=1S/C11H11BrClN3S/c1-2-5-16-10(14-15-11(16)17)8-4-3-7(13)6-9(8)12/h3-4,6H,2,5H2,1H3,(H,15,17). The van der Waals surface area contributed by atoms with Crippen LogP contribution in [0.25, 0.3) is 11.4 Å². The molecule has 0 amide bonds. The van der Waals surface area contributed by atoms with Gasteiger partial charge in [-0.25, -0.2) is 0 Å². The van der Waals surface area contributed by atoms with Crippen molar-refractivity contribution < 1.29 is 0 Å². The second-order valence-electron chi connectivity index (χ2n) is 3.63. The Hall–Kier alpha value is -0.650. The van der Waals surface area contributed by atoms with Crippen LogP contribution in [0.4, 0.5) is 0 Å². The van der Waals surface area contributed by atoms with Crippen molar-refractivity contribution in [3.05, 3.63) is 32.5 Å². The highest BCUT2D eigenvalue weighted by atomic mass is 79.9. The maximum atomic E-state index is 5.92. The van der Waals surface area contributed by atoms with E-state index in [2.05, 4.69) is 33.1 Å². The molecule has 1 heterocycles. The topological polar surface area (TPSA) is 33.6 Å². The molecule has 6 heteroatoms. The van der Waals surface area contributed by atoms with Crippen LogP contribution >= 0.6 is 39.7 Å². The van der Waals surface area contributed by atoms with Gasteiger partial charge in [0.1, 0.15) is 0 Å². The van der Waals surface area contributed by atoms with Gasteiger partial charge in [0.2, 0.25) is 0 Å². The second-order valence-corrected chi connectivity index (χ2v) is 5.31. The van der Waals surface area contributed by atoms with Gasteiger partial charge in [-0.3, -0.25) is 5.10 Å². The molecular weight excluding hydrogens is 322 g/mol. The molecule has 3 nitrogen and oxygen atoms in total. The number of halogens is 2. The van der Waals surface area contributed by atoms with Crippen molar-refractivity contribution in [2.45, 2.75) is 19.9 Å². The van der Waals surface area contributed by atoms with Gasteiger partial charge in [0, 0.05) is 21.6 Å². The molecule has 0 unspecified atom stereocenters. The highest BCUT2D eigenvalue weighted by Gasteiger charge is 2.11. The van der Waals surface area contributed by atoms with Gasteiger partial charge in [-0.1, -0.05) is 18.5 Å². The maximum Gasteiger partial charge on any atom is 0.195 e. The first-order valence-corrected chi connectivity index (χ1v) is 6.82. The van der Waals surface area contributed by atoms with Gasteiger partial charge >= 0.3 is 0 Å². The lowest BCUT2D eigenvalue weighted by molar-refractivity contribution is 0.674. The van der Waals surface area contributed by atoms with E-state index in [-0.39, 0.29) is 0 Å². The van der Waals surface area contributed by atoms with Crippen LogP contribution in [-0.4, -0.2) is 14.8 Å². The molecule has 0 aliphatic heterocycles. The predicted octanol–water partition coefficient (Wildman–Crippen LogP) is 4.43. The minimum Gasteiger partial charge on any atom is -0.300 e. The average molecular weight is 333 g/mol. The quantitative estimate of drug-likeness (QED) is 0.843. The van der Waals surface area contributed by atoms with Gasteiger partial charge in [0.25, 0.3) is 0 Å². The lowest BCUT2D eigenvalue weighted by atomic mass is 10.2. The van der Waals surface area contributed by atoms with Crippen LogP contribution in [0.3, 0.4) is 0 Å². The normalized spacial score (nSPS) is 10.8. The van der Waals surface area contributed by atoms with Gasteiger partial charge in [-0.05, 0) is 52.8 Å². The van der Waals surface area contributed by atoms with E-state index in [1.54, 1.807) is 0 Å². The summed E-state index contributed by atoms with van der Waals surface area (Å²) in [7, 11) is 0. The number of aromatic amines is 1. The molecule has 0 aliphatic carbocycles. The average Bonchev–Trinajstić information content (AvgIpc) is 2.62. The molecular formula is C11H11BrClN3S. The lowest BCUT2D eigenvalue weighted by Gasteiger charge is -2.07. The molecule has 2 aromatic rings. The van der Waals surface area contributed by atoms with Gasteiger partial charge in [0.05, 0.1) is 0 Å². The third-order valence-electron chi connectivity index (χ3n) is 2.38. The van der Waals surface area contributed by atoms with E-state index in [1.807, 2.05) is 22.8 Å². The summed E-state index contributed by atoms with van der Waals surface area (Å²) in [5, 5.41) is 7.78. The zero-order valence-electron chi connectivity index (χ0n) is 9.20. The van der Waals surface area contributed by atoms with Crippen molar-refractivity contribution in [3.8, 4) is 11.4 Å². The van der Waals surface area contributed by atoms with E-state index < -0.39 is 0 Å². The van der Waals surface area contributed by atoms with Crippen LogP contribution in [0.1, 0.15) is 13.3 Å². The number of hydrogen-bond acceptors (Lipinski definition) is 2. The second kappa shape index (κ2) is 5.33. The minimum atomic E-state index is 0.642. The summed E-state index contributed by atoms with van der Waals surface area (Å²) in [5.41, 5.74) is 0.982. The van der Waals surface area contributed by atoms with E-state index >= 15 is 0 Å². The third kappa shape index (κ3) is 2.61. The molecule has 90 valence electrons. The number of rotatable bonds is 3. The summed E-state index contributed by atoms with van der Waals surface area (Å²) in [6, 6.07) is 5.63.